The molecule has 3 nitrogen and oxygen atoms in total. The van der Waals surface area contributed by atoms with Crippen LogP contribution in [0.15, 0.2) is 12.1 Å². The second-order valence-corrected chi connectivity index (χ2v) is 3.91. The standard InChI is InChI=1S/C8H7IN2O/c1-11-4-5-2-3-6(9)10-7(5)8(11)12/h2-3H,4H2,1H3. The fraction of sp³-hybridized carbons (Fsp3) is 0.250. The zero-order chi connectivity index (χ0) is 8.72. The Balaban J connectivity index is 2.56. The minimum absolute atomic E-state index is 0.0310. The van der Waals surface area contributed by atoms with Gasteiger partial charge in [-0.2, -0.15) is 0 Å². The van der Waals surface area contributed by atoms with Crippen molar-refractivity contribution in [2.45, 2.75) is 6.54 Å². The minimum atomic E-state index is 0.0310. The van der Waals surface area contributed by atoms with E-state index in [2.05, 4.69) is 27.6 Å². The summed E-state index contributed by atoms with van der Waals surface area (Å²) in [5, 5.41) is 0. The summed E-state index contributed by atoms with van der Waals surface area (Å²) in [7, 11) is 1.79. The number of fused-ring (bicyclic) bond motifs is 1. The minimum Gasteiger partial charge on any atom is -0.336 e. The van der Waals surface area contributed by atoms with Gasteiger partial charge in [-0.15, -0.1) is 0 Å². The number of rotatable bonds is 0. The van der Waals surface area contributed by atoms with Crippen LogP contribution in [0.2, 0.25) is 0 Å². The summed E-state index contributed by atoms with van der Waals surface area (Å²) < 4.78 is 0.870. The Morgan fingerprint density at radius 3 is 3.08 bits per heavy atom. The number of nitrogens with zero attached hydrogens (tertiary/aromatic N) is 2. The molecule has 1 aliphatic heterocycles. The third-order valence-corrected chi connectivity index (χ3v) is 2.50. The number of hydrogen-bond donors (Lipinski definition) is 0. The summed E-state index contributed by atoms with van der Waals surface area (Å²) in [4.78, 5) is 17.3. The van der Waals surface area contributed by atoms with Gasteiger partial charge in [0.1, 0.15) is 9.39 Å². The Hall–Kier alpha value is -0.650. The van der Waals surface area contributed by atoms with Gasteiger partial charge in [0, 0.05) is 19.2 Å². The van der Waals surface area contributed by atoms with Crippen molar-refractivity contribution in [2.24, 2.45) is 0 Å². The van der Waals surface area contributed by atoms with E-state index in [0.717, 1.165) is 9.26 Å². The molecule has 0 unspecified atom stereocenters. The second kappa shape index (κ2) is 2.69. The number of amides is 1. The quantitative estimate of drug-likeness (QED) is 0.527. The summed E-state index contributed by atoms with van der Waals surface area (Å²) >= 11 is 2.11. The SMILES string of the molecule is CN1Cc2ccc(I)nc2C1=O. The van der Waals surface area contributed by atoms with E-state index in [9.17, 15) is 4.79 Å². The van der Waals surface area contributed by atoms with Gasteiger partial charge in [0.05, 0.1) is 0 Å². The van der Waals surface area contributed by atoms with Gasteiger partial charge in [-0.25, -0.2) is 4.98 Å². The van der Waals surface area contributed by atoms with Crippen LogP contribution in [0.25, 0.3) is 0 Å². The van der Waals surface area contributed by atoms with Crippen LogP contribution in [0.4, 0.5) is 0 Å². The van der Waals surface area contributed by atoms with Crippen molar-refractivity contribution in [3.8, 4) is 0 Å². The lowest BCUT2D eigenvalue weighted by atomic mass is 10.2. The smallest absolute Gasteiger partial charge is 0.272 e. The zero-order valence-corrected chi connectivity index (χ0v) is 8.70. The lowest BCUT2D eigenvalue weighted by Crippen LogP contribution is -2.18. The van der Waals surface area contributed by atoms with Crippen molar-refractivity contribution >= 4 is 28.5 Å². The molecule has 12 heavy (non-hydrogen) atoms. The average Bonchev–Trinajstić information content (AvgIpc) is 2.31. The summed E-state index contributed by atoms with van der Waals surface area (Å²) in [5.74, 6) is 0.0310. The largest absolute Gasteiger partial charge is 0.336 e. The Morgan fingerprint density at radius 2 is 2.33 bits per heavy atom. The normalized spacial score (nSPS) is 15.2. The Morgan fingerprint density at radius 1 is 1.58 bits per heavy atom. The molecule has 0 atom stereocenters. The fourth-order valence-electron chi connectivity index (χ4n) is 1.29. The van der Waals surface area contributed by atoms with Crippen LogP contribution in [0.1, 0.15) is 16.1 Å². The highest BCUT2D eigenvalue weighted by Gasteiger charge is 2.25. The maximum absolute atomic E-state index is 11.4. The number of pyridine rings is 1. The van der Waals surface area contributed by atoms with Gasteiger partial charge in [0.2, 0.25) is 0 Å². The molecule has 1 amide bonds. The van der Waals surface area contributed by atoms with Crippen LogP contribution >= 0.6 is 22.6 Å². The summed E-state index contributed by atoms with van der Waals surface area (Å²) in [6.07, 6.45) is 0. The van der Waals surface area contributed by atoms with Gasteiger partial charge in [-0.05, 0) is 28.7 Å². The maximum atomic E-state index is 11.4. The Kier molecular flexibility index (Phi) is 1.79. The molecular weight excluding hydrogens is 267 g/mol. The monoisotopic (exact) mass is 274 g/mol. The maximum Gasteiger partial charge on any atom is 0.272 e. The number of aromatic nitrogens is 1. The number of carbonyl (C=O) groups excluding carboxylic acids is 1. The predicted octanol–water partition coefficient (Wildman–Crippen LogP) is 1.27. The molecule has 0 fully saturated rings. The molecule has 2 rings (SSSR count). The van der Waals surface area contributed by atoms with Gasteiger partial charge in [0.15, 0.2) is 0 Å². The van der Waals surface area contributed by atoms with E-state index < -0.39 is 0 Å². The third-order valence-electron chi connectivity index (χ3n) is 1.90. The first-order chi connectivity index (χ1) is 5.68. The molecular formula is C8H7IN2O. The number of carbonyl (C=O) groups is 1. The highest BCUT2D eigenvalue weighted by Crippen LogP contribution is 2.19. The van der Waals surface area contributed by atoms with Crippen LogP contribution in [0.3, 0.4) is 0 Å². The van der Waals surface area contributed by atoms with Gasteiger partial charge in [-0.1, -0.05) is 6.07 Å². The van der Waals surface area contributed by atoms with Crippen molar-refractivity contribution < 1.29 is 4.79 Å². The van der Waals surface area contributed by atoms with Gasteiger partial charge in [0.25, 0.3) is 5.91 Å². The van der Waals surface area contributed by atoms with E-state index in [1.54, 1.807) is 11.9 Å². The van der Waals surface area contributed by atoms with Gasteiger partial charge < -0.3 is 4.90 Å². The first-order valence-electron chi connectivity index (χ1n) is 3.59. The predicted molar refractivity (Wildman–Crippen MR) is 52.8 cm³/mol. The fourth-order valence-corrected chi connectivity index (χ4v) is 1.71. The van der Waals surface area contributed by atoms with Crippen molar-refractivity contribution in [1.29, 1.82) is 0 Å². The molecule has 1 aromatic rings. The zero-order valence-electron chi connectivity index (χ0n) is 6.54. The Bertz CT molecular complexity index is 351. The van der Waals surface area contributed by atoms with E-state index >= 15 is 0 Å². The lowest BCUT2D eigenvalue weighted by molar-refractivity contribution is 0.0812. The average molecular weight is 274 g/mol. The van der Waals surface area contributed by atoms with Gasteiger partial charge >= 0.3 is 0 Å². The van der Waals surface area contributed by atoms with Gasteiger partial charge in [-0.3, -0.25) is 4.79 Å². The molecule has 62 valence electrons. The lowest BCUT2D eigenvalue weighted by Gasteiger charge is -2.03. The topological polar surface area (TPSA) is 33.2 Å². The molecule has 0 bridgehead atoms. The van der Waals surface area contributed by atoms with E-state index in [0.29, 0.717) is 12.2 Å². The van der Waals surface area contributed by atoms with Crippen molar-refractivity contribution in [2.75, 3.05) is 7.05 Å². The molecule has 0 aromatic carbocycles. The van der Waals surface area contributed by atoms with Crippen LogP contribution in [-0.4, -0.2) is 22.8 Å². The summed E-state index contributed by atoms with van der Waals surface area (Å²) in [6, 6.07) is 3.89. The second-order valence-electron chi connectivity index (χ2n) is 2.80. The first-order valence-corrected chi connectivity index (χ1v) is 4.67. The van der Waals surface area contributed by atoms with Crippen molar-refractivity contribution in [1.82, 2.24) is 9.88 Å². The third kappa shape index (κ3) is 1.10. The van der Waals surface area contributed by atoms with Crippen molar-refractivity contribution in [3.05, 3.63) is 27.1 Å². The highest BCUT2D eigenvalue weighted by atomic mass is 127. The molecule has 0 saturated heterocycles. The highest BCUT2D eigenvalue weighted by molar-refractivity contribution is 14.1. The van der Waals surface area contributed by atoms with Crippen LogP contribution in [0, 0.1) is 3.70 Å². The molecule has 0 N–H and O–H groups in total. The molecule has 1 aliphatic rings. The molecule has 0 saturated carbocycles. The van der Waals surface area contributed by atoms with Crippen LogP contribution < -0.4 is 0 Å². The Labute approximate surface area is 83.9 Å². The summed E-state index contributed by atoms with van der Waals surface area (Å²) in [6.45, 7) is 0.693. The van der Waals surface area contributed by atoms with Crippen LogP contribution in [-0.2, 0) is 6.54 Å². The molecule has 0 spiro atoms. The molecule has 0 aliphatic carbocycles. The summed E-state index contributed by atoms with van der Waals surface area (Å²) in [5.41, 5.74) is 1.65. The van der Waals surface area contributed by atoms with E-state index in [1.165, 1.54) is 0 Å². The first kappa shape index (κ1) is 7.97. The molecule has 0 radical (unpaired) electrons. The van der Waals surface area contributed by atoms with E-state index in [4.69, 9.17) is 0 Å². The number of halogens is 1. The van der Waals surface area contributed by atoms with E-state index in [-0.39, 0.29) is 5.91 Å². The molecule has 1 aromatic heterocycles. The molecule has 4 heteroatoms. The molecule has 2 heterocycles. The van der Waals surface area contributed by atoms with E-state index in [1.807, 2.05) is 12.1 Å². The van der Waals surface area contributed by atoms with Crippen molar-refractivity contribution in [3.63, 3.8) is 0 Å². The van der Waals surface area contributed by atoms with Crippen LogP contribution in [0.5, 0.6) is 0 Å². The number of hydrogen-bond acceptors (Lipinski definition) is 2.